The van der Waals surface area contributed by atoms with Crippen molar-refractivity contribution in [2.24, 2.45) is 0 Å². The highest BCUT2D eigenvalue weighted by atomic mass is 16.6. The van der Waals surface area contributed by atoms with E-state index in [9.17, 15) is 4.79 Å². The summed E-state index contributed by atoms with van der Waals surface area (Å²) in [4.78, 5) is 18.4. The van der Waals surface area contributed by atoms with E-state index in [-0.39, 0.29) is 6.09 Å². The van der Waals surface area contributed by atoms with Crippen LogP contribution in [-0.2, 0) is 24.4 Å². The average molecular weight is 285 g/mol. The van der Waals surface area contributed by atoms with E-state index in [1.807, 2.05) is 37.3 Å². The van der Waals surface area contributed by atoms with Crippen molar-refractivity contribution >= 4 is 6.09 Å². The minimum atomic E-state index is -0.275. The van der Waals surface area contributed by atoms with Crippen LogP contribution in [0.25, 0.3) is 0 Å². The maximum Gasteiger partial charge on any atom is 0.410 e. The first-order valence-electron chi connectivity index (χ1n) is 7.13. The van der Waals surface area contributed by atoms with Gasteiger partial charge in [0.15, 0.2) is 0 Å². The summed E-state index contributed by atoms with van der Waals surface area (Å²) in [5.74, 6) is 0.938. The third kappa shape index (κ3) is 2.77. The molecule has 1 amide bonds. The number of fused-ring (bicyclic) bond motifs is 1. The molecular formula is C16H19N3O2. The number of rotatable bonds is 2. The lowest BCUT2D eigenvalue weighted by molar-refractivity contribution is 0.0860. The van der Waals surface area contributed by atoms with E-state index >= 15 is 0 Å². The summed E-state index contributed by atoms with van der Waals surface area (Å²) >= 11 is 0. The molecule has 3 rings (SSSR count). The number of imidazole rings is 1. The van der Waals surface area contributed by atoms with Gasteiger partial charge in [-0.2, -0.15) is 0 Å². The Labute approximate surface area is 124 Å². The van der Waals surface area contributed by atoms with E-state index in [2.05, 4.69) is 16.5 Å². The van der Waals surface area contributed by atoms with E-state index in [1.54, 1.807) is 4.90 Å². The number of carbonyl (C=O) groups is 1. The SMILES string of the molecule is Cc1nc2n(c1C)CCN(C(=O)OCc1ccccc1)C2. The van der Waals surface area contributed by atoms with E-state index in [0.29, 0.717) is 19.7 Å². The maximum atomic E-state index is 12.1. The molecule has 0 N–H and O–H groups in total. The summed E-state index contributed by atoms with van der Waals surface area (Å²) in [6.45, 7) is 6.33. The lowest BCUT2D eigenvalue weighted by Crippen LogP contribution is -2.38. The fourth-order valence-electron chi connectivity index (χ4n) is 2.58. The third-order valence-corrected chi connectivity index (χ3v) is 3.93. The van der Waals surface area contributed by atoms with Gasteiger partial charge in [-0.25, -0.2) is 9.78 Å². The number of benzene rings is 1. The van der Waals surface area contributed by atoms with Crippen LogP contribution in [0.15, 0.2) is 30.3 Å². The van der Waals surface area contributed by atoms with Crippen molar-refractivity contribution in [3.8, 4) is 0 Å². The van der Waals surface area contributed by atoms with Crippen LogP contribution in [-0.4, -0.2) is 27.1 Å². The zero-order valence-electron chi connectivity index (χ0n) is 12.4. The summed E-state index contributed by atoms with van der Waals surface area (Å²) in [5.41, 5.74) is 3.21. The normalized spacial score (nSPS) is 13.9. The number of nitrogens with zero attached hydrogens (tertiary/aromatic N) is 3. The zero-order chi connectivity index (χ0) is 14.8. The van der Waals surface area contributed by atoms with Gasteiger partial charge in [-0.3, -0.25) is 4.90 Å². The van der Waals surface area contributed by atoms with Gasteiger partial charge < -0.3 is 9.30 Å². The number of carbonyl (C=O) groups excluding carboxylic acids is 1. The lowest BCUT2D eigenvalue weighted by atomic mass is 10.2. The molecule has 0 bridgehead atoms. The Hall–Kier alpha value is -2.30. The molecule has 110 valence electrons. The average Bonchev–Trinajstić information content (AvgIpc) is 2.80. The van der Waals surface area contributed by atoms with Crippen LogP contribution in [0.2, 0.25) is 0 Å². The Morgan fingerprint density at radius 3 is 2.76 bits per heavy atom. The van der Waals surface area contributed by atoms with Crippen molar-refractivity contribution in [3.63, 3.8) is 0 Å². The predicted octanol–water partition coefficient (Wildman–Crippen LogP) is 2.65. The first-order chi connectivity index (χ1) is 10.1. The van der Waals surface area contributed by atoms with E-state index in [0.717, 1.165) is 23.6 Å². The first kappa shape index (κ1) is 13.7. The lowest BCUT2D eigenvalue weighted by Gasteiger charge is -2.27. The molecule has 0 saturated carbocycles. The van der Waals surface area contributed by atoms with Gasteiger partial charge in [0.1, 0.15) is 12.4 Å². The number of aryl methyl sites for hydroxylation is 1. The van der Waals surface area contributed by atoms with Crippen molar-refractivity contribution in [3.05, 3.63) is 53.1 Å². The molecule has 2 aromatic rings. The summed E-state index contributed by atoms with van der Waals surface area (Å²) in [6.07, 6.45) is -0.275. The Kier molecular flexibility index (Phi) is 3.64. The molecule has 0 saturated heterocycles. The second kappa shape index (κ2) is 5.60. The van der Waals surface area contributed by atoms with Crippen LogP contribution in [0.5, 0.6) is 0 Å². The van der Waals surface area contributed by atoms with Crippen LogP contribution < -0.4 is 0 Å². The molecule has 0 fully saturated rings. The molecule has 0 atom stereocenters. The number of amides is 1. The fraction of sp³-hybridized carbons (Fsp3) is 0.375. The number of hydrogen-bond donors (Lipinski definition) is 0. The highest BCUT2D eigenvalue weighted by molar-refractivity contribution is 5.67. The zero-order valence-corrected chi connectivity index (χ0v) is 12.4. The quantitative estimate of drug-likeness (QED) is 0.852. The van der Waals surface area contributed by atoms with E-state index < -0.39 is 0 Å². The Bertz CT molecular complexity index is 649. The number of aromatic nitrogens is 2. The molecule has 0 unspecified atom stereocenters. The van der Waals surface area contributed by atoms with Crippen molar-refractivity contribution in [2.45, 2.75) is 33.5 Å². The Morgan fingerprint density at radius 1 is 1.24 bits per heavy atom. The fourth-order valence-corrected chi connectivity index (χ4v) is 2.58. The van der Waals surface area contributed by atoms with Crippen molar-refractivity contribution in [1.82, 2.24) is 14.5 Å². The van der Waals surface area contributed by atoms with Crippen molar-refractivity contribution in [1.29, 1.82) is 0 Å². The molecule has 5 nitrogen and oxygen atoms in total. The molecular weight excluding hydrogens is 266 g/mol. The summed E-state index contributed by atoms with van der Waals surface area (Å²) in [5, 5.41) is 0. The van der Waals surface area contributed by atoms with Gasteiger partial charge in [-0.05, 0) is 19.4 Å². The van der Waals surface area contributed by atoms with Gasteiger partial charge in [-0.15, -0.1) is 0 Å². The first-order valence-corrected chi connectivity index (χ1v) is 7.13. The van der Waals surface area contributed by atoms with Crippen LogP contribution in [0, 0.1) is 13.8 Å². The van der Waals surface area contributed by atoms with Crippen LogP contribution in [0.1, 0.15) is 22.8 Å². The van der Waals surface area contributed by atoms with Crippen molar-refractivity contribution < 1.29 is 9.53 Å². The molecule has 1 aromatic heterocycles. The standard InChI is InChI=1S/C16H19N3O2/c1-12-13(2)19-9-8-18(10-15(19)17-12)16(20)21-11-14-6-4-3-5-7-14/h3-7H,8-11H2,1-2H3. The second-order valence-electron chi connectivity index (χ2n) is 5.31. The van der Waals surface area contributed by atoms with Crippen LogP contribution in [0.3, 0.4) is 0 Å². The highest BCUT2D eigenvalue weighted by Gasteiger charge is 2.24. The summed E-state index contributed by atoms with van der Waals surface area (Å²) < 4.78 is 7.55. The second-order valence-corrected chi connectivity index (χ2v) is 5.31. The molecule has 2 heterocycles. The molecule has 1 aliphatic rings. The van der Waals surface area contributed by atoms with Gasteiger partial charge in [0, 0.05) is 18.8 Å². The number of hydrogen-bond acceptors (Lipinski definition) is 3. The van der Waals surface area contributed by atoms with Crippen LogP contribution in [0.4, 0.5) is 4.79 Å². The van der Waals surface area contributed by atoms with Gasteiger partial charge in [0.05, 0.1) is 12.2 Å². The van der Waals surface area contributed by atoms with Gasteiger partial charge in [0.2, 0.25) is 0 Å². The molecule has 0 aliphatic carbocycles. The van der Waals surface area contributed by atoms with E-state index in [1.165, 1.54) is 5.69 Å². The smallest absolute Gasteiger partial charge is 0.410 e. The molecule has 0 radical (unpaired) electrons. The topological polar surface area (TPSA) is 47.4 Å². The highest BCUT2D eigenvalue weighted by Crippen LogP contribution is 2.17. The van der Waals surface area contributed by atoms with Crippen molar-refractivity contribution in [2.75, 3.05) is 6.54 Å². The Morgan fingerprint density at radius 2 is 2.00 bits per heavy atom. The maximum absolute atomic E-state index is 12.1. The summed E-state index contributed by atoms with van der Waals surface area (Å²) in [6, 6.07) is 9.71. The largest absolute Gasteiger partial charge is 0.445 e. The molecule has 1 aromatic carbocycles. The minimum Gasteiger partial charge on any atom is -0.445 e. The minimum absolute atomic E-state index is 0.275. The molecule has 0 spiro atoms. The van der Waals surface area contributed by atoms with Gasteiger partial charge in [-0.1, -0.05) is 30.3 Å². The van der Waals surface area contributed by atoms with E-state index in [4.69, 9.17) is 4.74 Å². The monoisotopic (exact) mass is 285 g/mol. The van der Waals surface area contributed by atoms with Gasteiger partial charge in [0.25, 0.3) is 0 Å². The summed E-state index contributed by atoms with van der Waals surface area (Å²) in [7, 11) is 0. The molecule has 5 heteroatoms. The number of ether oxygens (including phenoxy) is 1. The predicted molar refractivity (Wildman–Crippen MR) is 78.7 cm³/mol. The third-order valence-electron chi connectivity index (χ3n) is 3.93. The van der Waals surface area contributed by atoms with Gasteiger partial charge >= 0.3 is 6.09 Å². The molecule has 21 heavy (non-hydrogen) atoms. The molecule has 1 aliphatic heterocycles. The Balaban J connectivity index is 1.62. The van der Waals surface area contributed by atoms with Crippen LogP contribution >= 0.6 is 0 Å².